The van der Waals surface area contributed by atoms with Crippen LogP contribution in [0.5, 0.6) is 0 Å². The number of anilines is 1. The lowest BCUT2D eigenvalue weighted by Gasteiger charge is -2.19. The number of nitrogens with zero attached hydrogens (tertiary/aromatic N) is 3. The minimum absolute atomic E-state index is 0.103. The van der Waals surface area contributed by atoms with Crippen molar-refractivity contribution in [1.82, 2.24) is 20.1 Å². The van der Waals surface area contributed by atoms with Crippen LogP contribution in [0.25, 0.3) is 0 Å². The molecule has 2 heterocycles. The van der Waals surface area contributed by atoms with E-state index in [0.717, 1.165) is 18.5 Å². The smallest absolute Gasteiger partial charge is 0.280 e. The molecule has 0 atom stereocenters. The summed E-state index contributed by atoms with van der Waals surface area (Å²) >= 11 is 0. The monoisotopic (exact) mass is 243 g/mol. The normalized spacial score (nSPS) is 14.2. The Morgan fingerprint density at radius 3 is 3.11 bits per heavy atom. The van der Waals surface area contributed by atoms with Crippen molar-refractivity contribution in [1.29, 1.82) is 0 Å². The molecule has 3 rings (SSSR count). The molecule has 92 valence electrons. The minimum Gasteiger partial charge on any atom is -0.366 e. The zero-order chi connectivity index (χ0) is 12.5. The highest BCUT2D eigenvalue weighted by Gasteiger charge is 2.19. The second kappa shape index (κ2) is 4.23. The number of carbonyl (C=O) groups is 1. The number of carbonyl (C=O) groups excluding carboxylic acids is 1. The molecule has 0 saturated carbocycles. The van der Waals surface area contributed by atoms with E-state index in [2.05, 4.69) is 21.5 Å². The summed E-state index contributed by atoms with van der Waals surface area (Å²) in [6.45, 7) is 1.66. The Morgan fingerprint density at radius 2 is 2.33 bits per heavy atom. The Balaban J connectivity index is 2.04. The molecule has 0 amide bonds. The lowest BCUT2D eigenvalue weighted by Crippen LogP contribution is -2.27. The predicted octanol–water partition coefficient (Wildman–Crippen LogP) is 0.194. The van der Waals surface area contributed by atoms with Gasteiger partial charge in [-0.3, -0.25) is 4.79 Å². The summed E-state index contributed by atoms with van der Waals surface area (Å²) in [5.41, 5.74) is 8.34. The maximum atomic E-state index is 12.3. The Hall–Kier alpha value is -2.21. The van der Waals surface area contributed by atoms with Crippen LogP contribution in [0, 0.1) is 0 Å². The van der Waals surface area contributed by atoms with Crippen molar-refractivity contribution in [2.45, 2.75) is 13.0 Å². The largest absolute Gasteiger partial charge is 0.366 e. The van der Waals surface area contributed by atoms with E-state index in [1.165, 1.54) is 16.6 Å². The van der Waals surface area contributed by atoms with Crippen LogP contribution in [0.4, 0.5) is 5.95 Å². The first-order valence-corrected chi connectivity index (χ1v) is 5.79. The van der Waals surface area contributed by atoms with Crippen molar-refractivity contribution in [2.24, 2.45) is 0 Å². The summed E-state index contributed by atoms with van der Waals surface area (Å²) < 4.78 is 1.18. The van der Waals surface area contributed by atoms with Crippen LogP contribution in [-0.2, 0) is 13.0 Å². The number of hydrogen-bond acceptors (Lipinski definition) is 5. The fourth-order valence-corrected chi connectivity index (χ4v) is 2.21. The zero-order valence-electron chi connectivity index (χ0n) is 9.76. The maximum Gasteiger partial charge on any atom is 0.280 e. The second-order valence-electron chi connectivity index (χ2n) is 4.22. The van der Waals surface area contributed by atoms with Gasteiger partial charge in [-0.15, -0.1) is 5.10 Å². The average molecular weight is 243 g/mol. The van der Waals surface area contributed by atoms with Gasteiger partial charge in [0.25, 0.3) is 5.91 Å². The Morgan fingerprint density at radius 1 is 1.44 bits per heavy atom. The van der Waals surface area contributed by atoms with Gasteiger partial charge in [-0.05, 0) is 30.2 Å². The lowest BCUT2D eigenvalue weighted by molar-refractivity contribution is 0.0943. The molecule has 18 heavy (non-hydrogen) atoms. The molecule has 0 spiro atoms. The van der Waals surface area contributed by atoms with E-state index in [1.54, 1.807) is 0 Å². The molecule has 3 N–H and O–H groups in total. The first kappa shape index (κ1) is 10.9. The molecule has 1 aromatic carbocycles. The minimum atomic E-state index is -0.195. The van der Waals surface area contributed by atoms with Gasteiger partial charge in [0.2, 0.25) is 5.95 Å². The van der Waals surface area contributed by atoms with Crippen molar-refractivity contribution in [3.8, 4) is 0 Å². The number of nitrogens with one attached hydrogen (secondary N) is 1. The summed E-state index contributed by atoms with van der Waals surface area (Å²) in [4.78, 5) is 16.1. The molecule has 1 aliphatic rings. The van der Waals surface area contributed by atoms with Gasteiger partial charge in [0, 0.05) is 12.1 Å². The third kappa shape index (κ3) is 1.76. The van der Waals surface area contributed by atoms with Crippen LogP contribution in [0.3, 0.4) is 0 Å². The highest BCUT2D eigenvalue weighted by molar-refractivity contribution is 5.97. The quantitative estimate of drug-likeness (QED) is 0.747. The number of nitrogen functional groups attached to an aromatic ring is 1. The second-order valence-corrected chi connectivity index (χ2v) is 4.22. The van der Waals surface area contributed by atoms with Gasteiger partial charge >= 0.3 is 0 Å². The van der Waals surface area contributed by atoms with Crippen molar-refractivity contribution >= 4 is 11.9 Å². The maximum absolute atomic E-state index is 12.3. The molecule has 0 radical (unpaired) electrons. The number of nitrogens with two attached hydrogens (primary N) is 1. The summed E-state index contributed by atoms with van der Waals surface area (Å²) in [6, 6.07) is 5.77. The van der Waals surface area contributed by atoms with Crippen LogP contribution in [0.15, 0.2) is 24.5 Å². The van der Waals surface area contributed by atoms with Gasteiger partial charge in [-0.25, -0.2) is 4.98 Å². The van der Waals surface area contributed by atoms with Gasteiger partial charge in [0.1, 0.15) is 6.33 Å². The molecular formula is C12H13N5O. The fourth-order valence-electron chi connectivity index (χ4n) is 2.21. The van der Waals surface area contributed by atoms with E-state index in [0.29, 0.717) is 12.1 Å². The van der Waals surface area contributed by atoms with Crippen molar-refractivity contribution < 1.29 is 4.79 Å². The Kier molecular flexibility index (Phi) is 2.56. The molecule has 0 fully saturated rings. The zero-order valence-corrected chi connectivity index (χ0v) is 9.76. The third-order valence-corrected chi connectivity index (χ3v) is 3.09. The molecular weight excluding hydrogens is 230 g/mol. The highest BCUT2D eigenvalue weighted by Crippen LogP contribution is 2.19. The van der Waals surface area contributed by atoms with E-state index < -0.39 is 0 Å². The summed E-state index contributed by atoms with van der Waals surface area (Å²) in [5.74, 6) is -0.0916. The molecule has 0 aliphatic carbocycles. The Labute approximate surface area is 104 Å². The van der Waals surface area contributed by atoms with Crippen molar-refractivity contribution in [3.05, 3.63) is 41.2 Å². The first-order valence-electron chi connectivity index (χ1n) is 5.79. The van der Waals surface area contributed by atoms with E-state index in [9.17, 15) is 4.79 Å². The number of aromatic nitrogens is 3. The van der Waals surface area contributed by atoms with Gasteiger partial charge < -0.3 is 11.1 Å². The summed E-state index contributed by atoms with van der Waals surface area (Å²) in [6.07, 6.45) is 2.28. The summed E-state index contributed by atoms with van der Waals surface area (Å²) in [7, 11) is 0. The molecule has 6 heteroatoms. The number of hydrogen-bond donors (Lipinski definition) is 2. The fraction of sp³-hybridized carbons (Fsp3) is 0.250. The van der Waals surface area contributed by atoms with Crippen molar-refractivity contribution in [3.63, 3.8) is 0 Å². The van der Waals surface area contributed by atoms with Crippen LogP contribution in [-0.4, -0.2) is 27.2 Å². The van der Waals surface area contributed by atoms with E-state index >= 15 is 0 Å². The number of rotatable bonds is 1. The molecule has 1 aliphatic heterocycles. The topological polar surface area (TPSA) is 85.8 Å². The van der Waals surface area contributed by atoms with E-state index in [-0.39, 0.29) is 11.9 Å². The molecule has 0 saturated heterocycles. The SMILES string of the molecule is Nc1ncn(C(=O)c2cccc3c2CNCC3)n1. The summed E-state index contributed by atoms with van der Waals surface area (Å²) in [5, 5.41) is 7.12. The van der Waals surface area contributed by atoms with E-state index in [4.69, 9.17) is 5.73 Å². The van der Waals surface area contributed by atoms with Crippen LogP contribution in [0.2, 0.25) is 0 Å². The predicted molar refractivity (Wildman–Crippen MR) is 66.0 cm³/mol. The van der Waals surface area contributed by atoms with Crippen LogP contribution < -0.4 is 11.1 Å². The van der Waals surface area contributed by atoms with Gasteiger partial charge in [-0.2, -0.15) is 4.68 Å². The molecule has 0 bridgehead atoms. The standard InChI is InChI=1S/C12H13N5O/c13-12-15-7-17(16-12)11(18)9-3-1-2-8-4-5-14-6-10(8)9/h1-3,7,14H,4-6H2,(H2,13,16). The lowest BCUT2D eigenvalue weighted by atomic mass is 9.95. The van der Waals surface area contributed by atoms with Gasteiger partial charge in [0.05, 0.1) is 0 Å². The number of fused-ring (bicyclic) bond motifs is 1. The van der Waals surface area contributed by atoms with Crippen LogP contribution in [0.1, 0.15) is 21.5 Å². The molecule has 0 unspecified atom stereocenters. The highest BCUT2D eigenvalue weighted by atomic mass is 16.2. The first-order chi connectivity index (χ1) is 8.75. The van der Waals surface area contributed by atoms with E-state index in [1.807, 2.05) is 12.1 Å². The third-order valence-electron chi connectivity index (χ3n) is 3.09. The average Bonchev–Trinajstić information content (AvgIpc) is 2.84. The Bertz CT molecular complexity index is 604. The van der Waals surface area contributed by atoms with Gasteiger partial charge in [-0.1, -0.05) is 12.1 Å². The molecule has 1 aromatic heterocycles. The molecule has 6 nitrogen and oxygen atoms in total. The van der Waals surface area contributed by atoms with Crippen LogP contribution >= 0.6 is 0 Å². The van der Waals surface area contributed by atoms with Crippen molar-refractivity contribution in [2.75, 3.05) is 12.3 Å². The van der Waals surface area contributed by atoms with Gasteiger partial charge in [0.15, 0.2) is 0 Å². The number of benzene rings is 1. The molecule has 2 aromatic rings.